The molecule has 166 valence electrons. The van der Waals surface area contributed by atoms with E-state index in [-0.39, 0.29) is 6.61 Å². The standard InChI is InChI=1S/C21H29N7O3/c22-19(30)17-12-28(27-7-1-6-23-20(17)27)18-13-26(16-4-2-15(14-29)3-5-16)24-21(18)25-8-10-31-11-9-25/h1,6-7,13,15-16,29H,2-5,8-12,14H2,(H2,22,30). The number of aliphatic hydroxyl groups is 1. The lowest BCUT2D eigenvalue weighted by molar-refractivity contribution is -0.114. The Labute approximate surface area is 181 Å². The van der Waals surface area contributed by atoms with Crippen molar-refractivity contribution in [2.24, 2.45) is 16.6 Å². The largest absolute Gasteiger partial charge is 0.396 e. The summed E-state index contributed by atoms with van der Waals surface area (Å²) in [5.74, 6) is 1.39. The summed E-state index contributed by atoms with van der Waals surface area (Å²) in [6.45, 7) is 3.48. The molecular weight excluding hydrogens is 398 g/mol. The monoisotopic (exact) mass is 427 g/mol. The molecule has 0 radical (unpaired) electrons. The van der Waals surface area contributed by atoms with E-state index in [2.05, 4.69) is 20.8 Å². The van der Waals surface area contributed by atoms with Gasteiger partial charge in [-0.3, -0.25) is 14.5 Å². The van der Waals surface area contributed by atoms with Crippen molar-refractivity contribution in [1.29, 1.82) is 0 Å². The van der Waals surface area contributed by atoms with Crippen LogP contribution in [0, 0.1) is 5.92 Å². The van der Waals surface area contributed by atoms with Crippen molar-refractivity contribution in [3.63, 3.8) is 0 Å². The number of amides is 1. The van der Waals surface area contributed by atoms with Crippen molar-refractivity contribution in [1.82, 2.24) is 14.8 Å². The molecule has 1 aromatic rings. The van der Waals surface area contributed by atoms with Crippen LogP contribution in [-0.4, -0.2) is 71.5 Å². The number of fused-ring (bicyclic) bond motifs is 1. The van der Waals surface area contributed by atoms with Gasteiger partial charge in [-0.2, -0.15) is 5.10 Å². The number of hydrogen-bond acceptors (Lipinski definition) is 8. The number of aromatic nitrogens is 2. The van der Waals surface area contributed by atoms with E-state index in [0.717, 1.165) is 50.3 Å². The number of primary amides is 1. The van der Waals surface area contributed by atoms with Gasteiger partial charge in [-0.1, -0.05) is 0 Å². The van der Waals surface area contributed by atoms with Gasteiger partial charge in [0.25, 0.3) is 0 Å². The summed E-state index contributed by atoms with van der Waals surface area (Å²) in [6, 6.07) is 0.303. The van der Waals surface area contributed by atoms with E-state index >= 15 is 0 Å². The van der Waals surface area contributed by atoms with E-state index in [0.29, 0.717) is 43.1 Å². The number of hydrogen-bond donors (Lipinski definition) is 2. The highest BCUT2D eigenvalue weighted by molar-refractivity contribution is 5.95. The van der Waals surface area contributed by atoms with Gasteiger partial charge in [-0.05, 0) is 37.7 Å². The third-order valence-electron chi connectivity index (χ3n) is 6.59. The first-order valence-corrected chi connectivity index (χ1v) is 11.0. The van der Waals surface area contributed by atoms with Crippen LogP contribution in [0.2, 0.25) is 0 Å². The summed E-state index contributed by atoms with van der Waals surface area (Å²) in [7, 11) is 0. The Hall–Kier alpha value is -2.85. The summed E-state index contributed by atoms with van der Waals surface area (Å²) >= 11 is 0. The van der Waals surface area contributed by atoms with Gasteiger partial charge in [0.15, 0.2) is 11.6 Å². The highest BCUT2D eigenvalue weighted by Crippen LogP contribution is 2.39. The SMILES string of the molecule is NC(=O)C1=C2N=CC=CN2N(c2cn(C3CCC(CO)CC3)nc2N2CCOCC2)C1. The van der Waals surface area contributed by atoms with Crippen molar-refractivity contribution < 1.29 is 14.6 Å². The predicted molar refractivity (Wildman–Crippen MR) is 116 cm³/mol. The van der Waals surface area contributed by atoms with E-state index in [1.165, 1.54) is 0 Å². The molecule has 31 heavy (non-hydrogen) atoms. The molecule has 0 unspecified atom stereocenters. The van der Waals surface area contributed by atoms with E-state index in [1.54, 1.807) is 6.21 Å². The average molecular weight is 428 g/mol. The fraction of sp³-hybridized carbons (Fsp3) is 0.571. The molecule has 1 aromatic heterocycles. The van der Waals surface area contributed by atoms with E-state index in [1.807, 2.05) is 22.3 Å². The minimum Gasteiger partial charge on any atom is -0.396 e. The molecule has 4 aliphatic rings. The van der Waals surface area contributed by atoms with Crippen LogP contribution < -0.4 is 15.6 Å². The van der Waals surface area contributed by atoms with Crippen LogP contribution in [0.3, 0.4) is 0 Å². The highest BCUT2D eigenvalue weighted by Gasteiger charge is 2.36. The maximum Gasteiger partial charge on any atom is 0.250 e. The molecule has 2 fully saturated rings. The molecule has 1 aliphatic carbocycles. The van der Waals surface area contributed by atoms with Gasteiger partial charge in [0.05, 0.1) is 37.6 Å². The third-order valence-corrected chi connectivity index (χ3v) is 6.59. The van der Waals surface area contributed by atoms with Gasteiger partial charge in [-0.25, -0.2) is 10.0 Å². The molecule has 10 heteroatoms. The minimum absolute atomic E-state index is 0.260. The second-order valence-electron chi connectivity index (χ2n) is 8.46. The van der Waals surface area contributed by atoms with Crippen molar-refractivity contribution >= 4 is 23.6 Å². The van der Waals surface area contributed by atoms with Crippen LogP contribution >= 0.6 is 0 Å². The summed E-state index contributed by atoms with van der Waals surface area (Å²) in [6.07, 6.45) is 11.5. The molecule has 3 aliphatic heterocycles. The Bertz CT molecular complexity index is 923. The van der Waals surface area contributed by atoms with Crippen LogP contribution in [-0.2, 0) is 9.53 Å². The number of aliphatic imine (C=N–C) groups is 1. The Morgan fingerprint density at radius 3 is 2.71 bits per heavy atom. The van der Waals surface area contributed by atoms with Gasteiger partial charge in [0.1, 0.15) is 5.69 Å². The molecule has 4 heterocycles. The zero-order valence-corrected chi connectivity index (χ0v) is 17.6. The van der Waals surface area contributed by atoms with Crippen LogP contribution in [0.4, 0.5) is 11.5 Å². The lowest BCUT2D eigenvalue weighted by Gasteiger charge is -2.33. The van der Waals surface area contributed by atoms with Gasteiger partial charge in [0, 0.05) is 32.1 Å². The van der Waals surface area contributed by atoms with E-state index in [9.17, 15) is 9.90 Å². The smallest absolute Gasteiger partial charge is 0.250 e. The van der Waals surface area contributed by atoms with Gasteiger partial charge < -0.3 is 20.5 Å². The topological polar surface area (TPSA) is 112 Å². The number of carbonyl (C=O) groups excluding carboxylic acids is 1. The van der Waals surface area contributed by atoms with E-state index < -0.39 is 5.91 Å². The van der Waals surface area contributed by atoms with Crippen molar-refractivity contribution in [2.45, 2.75) is 31.7 Å². The summed E-state index contributed by atoms with van der Waals surface area (Å²) in [5.41, 5.74) is 7.08. The molecule has 1 saturated carbocycles. The summed E-state index contributed by atoms with van der Waals surface area (Å²) in [5, 5.41) is 18.4. The van der Waals surface area contributed by atoms with E-state index in [4.69, 9.17) is 15.6 Å². The maximum atomic E-state index is 12.1. The van der Waals surface area contributed by atoms with Crippen LogP contribution in [0.15, 0.2) is 34.9 Å². The summed E-state index contributed by atoms with van der Waals surface area (Å²) in [4.78, 5) is 18.7. The minimum atomic E-state index is -0.461. The number of nitrogens with zero attached hydrogens (tertiary/aromatic N) is 6. The first kappa shape index (κ1) is 20.1. The number of ether oxygens (including phenoxy) is 1. The number of morpholine rings is 1. The molecule has 3 N–H and O–H groups in total. The maximum absolute atomic E-state index is 12.1. The Kier molecular flexibility index (Phi) is 5.41. The molecular formula is C21H29N7O3. The molecule has 5 rings (SSSR count). The van der Waals surface area contributed by atoms with Crippen molar-refractivity contribution in [3.05, 3.63) is 29.9 Å². The lowest BCUT2D eigenvalue weighted by Crippen LogP contribution is -2.39. The second kappa shape index (κ2) is 8.35. The van der Waals surface area contributed by atoms with Crippen LogP contribution in [0.25, 0.3) is 0 Å². The number of nitrogens with two attached hydrogens (primary N) is 1. The number of carbonyl (C=O) groups is 1. The first-order chi connectivity index (χ1) is 15.2. The number of aliphatic hydroxyl groups excluding tert-OH is 1. The lowest BCUT2D eigenvalue weighted by atomic mass is 9.87. The number of hydrazine groups is 1. The fourth-order valence-corrected chi connectivity index (χ4v) is 4.79. The molecule has 1 saturated heterocycles. The van der Waals surface area contributed by atoms with Gasteiger partial charge >= 0.3 is 0 Å². The average Bonchev–Trinajstić information content (AvgIpc) is 3.42. The molecule has 0 aromatic carbocycles. The van der Waals surface area contributed by atoms with Crippen LogP contribution in [0.1, 0.15) is 31.7 Å². The molecule has 1 amide bonds. The third kappa shape index (κ3) is 3.70. The molecule has 0 bridgehead atoms. The molecule has 0 atom stereocenters. The van der Waals surface area contributed by atoms with Crippen molar-refractivity contribution in [3.8, 4) is 0 Å². The zero-order chi connectivity index (χ0) is 21.4. The quantitative estimate of drug-likeness (QED) is 0.714. The number of anilines is 2. The fourth-order valence-electron chi connectivity index (χ4n) is 4.79. The zero-order valence-electron chi connectivity index (χ0n) is 17.6. The second-order valence-corrected chi connectivity index (χ2v) is 8.46. The normalized spacial score (nSPS) is 26.0. The summed E-state index contributed by atoms with van der Waals surface area (Å²) < 4.78 is 7.62. The Morgan fingerprint density at radius 2 is 2.00 bits per heavy atom. The molecule has 10 nitrogen and oxygen atoms in total. The Balaban J connectivity index is 1.48. The van der Waals surface area contributed by atoms with Gasteiger partial charge in [-0.15, -0.1) is 0 Å². The number of allylic oxidation sites excluding steroid dienone is 1. The number of rotatable bonds is 5. The molecule has 0 spiro atoms. The predicted octanol–water partition coefficient (Wildman–Crippen LogP) is 0.775. The van der Waals surface area contributed by atoms with Crippen molar-refractivity contribution in [2.75, 3.05) is 49.4 Å². The van der Waals surface area contributed by atoms with Gasteiger partial charge in [0.2, 0.25) is 5.91 Å². The Morgan fingerprint density at radius 1 is 1.23 bits per heavy atom. The van der Waals surface area contributed by atoms with Crippen LogP contribution in [0.5, 0.6) is 0 Å². The highest BCUT2D eigenvalue weighted by atomic mass is 16.5. The first-order valence-electron chi connectivity index (χ1n) is 11.0.